The van der Waals surface area contributed by atoms with Gasteiger partial charge in [-0.05, 0) is 43.9 Å². The summed E-state index contributed by atoms with van der Waals surface area (Å²) in [4.78, 5) is 14.6. The standard InChI is InChI=1S/C17H21NO3/c1-10-5-12-13(8-21-14(12)6-11(10)2)16(20)18-7-15(19)17(9-18)3-4-17/h5-6,13,15,19H,3-4,7-9H2,1-2H3. The van der Waals surface area contributed by atoms with Crippen molar-refractivity contribution in [2.24, 2.45) is 5.41 Å². The van der Waals surface area contributed by atoms with Gasteiger partial charge in [-0.1, -0.05) is 6.07 Å². The predicted octanol–water partition coefficient (Wildman–Crippen LogP) is 1.76. The minimum absolute atomic E-state index is 0.0150. The van der Waals surface area contributed by atoms with E-state index in [0.29, 0.717) is 19.7 Å². The number of carbonyl (C=O) groups is 1. The number of hydrogen-bond donors (Lipinski definition) is 1. The first-order valence-corrected chi connectivity index (χ1v) is 7.71. The van der Waals surface area contributed by atoms with E-state index in [2.05, 4.69) is 19.9 Å². The van der Waals surface area contributed by atoms with E-state index in [0.717, 1.165) is 24.2 Å². The molecule has 1 aromatic carbocycles. The van der Waals surface area contributed by atoms with Gasteiger partial charge in [-0.3, -0.25) is 4.79 Å². The molecule has 4 rings (SSSR count). The van der Waals surface area contributed by atoms with E-state index in [-0.39, 0.29) is 23.3 Å². The van der Waals surface area contributed by atoms with Crippen molar-refractivity contribution >= 4 is 5.91 Å². The molecular formula is C17H21NO3. The lowest BCUT2D eigenvalue weighted by Crippen LogP contribution is -2.34. The molecular weight excluding hydrogens is 266 g/mol. The van der Waals surface area contributed by atoms with E-state index in [1.165, 1.54) is 11.1 Å². The number of rotatable bonds is 1. The average molecular weight is 287 g/mol. The van der Waals surface area contributed by atoms with Crippen LogP contribution in [0.3, 0.4) is 0 Å². The molecule has 1 aromatic rings. The number of nitrogens with zero attached hydrogens (tertiary/aromatic N) is 1. The minimum atomic E-state index is -0.344. The highest BCUT2D eigenvalue weighted by Crippen LogP contribution is 2.53. The molecule has 0 aromatic heterocycles. The Bertz CT molecular complexity index is 621. The van der Waals surface area contributed by atoms with Gasteiger partial charge in [0.25, 0.3) is 0 Å². The van der Waals surface area contributed by atoms with Crippen molar-refractivity contribution in [1.29, 1.82) is 0 Å². The average Bonchev–Trinajstić information content (AvgIpc) is 3.01. The maximum atomic E-state index is 12.8. The normalized spacial score (nSPS) is 28.6. The molecule has 1 N–H and O–H groups in total. The van der Waals surface area contributed by atoms with Crippen molar-refractivity contribution in [3.8, 4) is 5.75 Å². The highest BCUT2D eigenvalue weighted by molar-refractivity contribution is 5.86. The maximum absolute atomic E-state index is 12.8. The van der Waals surface area contributed by atoms with Gasteiger partial charge in [-0.25, -0.2) is 0 Å². The zero-order valence-corrected chi connectivity index (χ0v) is 12.6. The summed E-state index contributed by atoms with van der Waals surface area (Å²) in [6.07, 6.45) is 1.75. The predicted molar refractivity (Wildman–Crippen MR) is 78.4 cm³/mol. The van der Waals surface area contributed by atoms with Crippen LogP contribution in [0.5, 0.6) is 5.75 Å². The second-order valence-corrected chi connectivity index (χ2v) is 6.93. The van der Waals surface area contributed by atoms with E-state index in [4.69, 9.17) is 4.74 Å². The van der Waals surface area contributed by atoms with E-state index in [1.807, 2.05) is 11.0 Å². The van der Waals surface area contributed by atoms with Crippen LogP contribution in [-0.4, -0.2) is 41.7 Å². The lowest BCUT2D eigenvalue weighted by molar-refractivity contribution is -0.132. The van der Waals surface area contributed by atoms with Crippen molar-refractivity contribution in [3.05, 3.63) is 28.8 Å². The van der Waals surface area contributed by atoms with Crippen LogP contribution in [0, 0.1) is 19.3 Å². The Morgan fingerprint density at radius 3 is 2.71 bits per heavy atom. The van der Waals surface area contributed by atoms with Crippen LogP contribution in [0.25, 0.3) is 0 Å². The molecule has 4 nitrogen and oxygen atoms in total. The van der Waals surface area contributed by atoms with Crippen LogP contribution in [-0.2, 0) is 4.79 Å². The number of ether oxygens (including phenoxy) is 1. The third kappa shape index (κ3) is 1.89. The molecule has 0 bridgehead atoms. The molecule has 1 saturated heterocycles. The van der Waals surface area contributed by atoms with Gasteiger partial charge in [0.05, 0.1) is 6.10 Å². The smallest absolute Gasteiger partial charge is 0.233 e. The molecule has 21 heavy (non-hydrogen) atoms. The molecule has 4 heteroatoms. The van der Waals surface area contributed by atoms with Crippen molar-refractivity contribution < 1.29 is 14.6 Å². The number of hydrogen-bond acceptors (Lipinski definition) is 3. The van der Waals surface area contributed by atoms with Gasteiger partial charge in [0.15, 0.2) is 0 Å². The van der Waals surface area contributed by atoms with Gasteiger partial charge < -0.3 is 14.7 Å². The van der Waals surface area contributed by atoms with E-state index in [9.17, 15) is 9.90 Å². The van der Waals surface area contributed by atoms with Gasteiger partial charge >= 0.3 is 0 Å². The number of likely N-dealkylation sites (tertiary alicyclic amines) is 1. The van der Waals surface area contributed by atoms with E-state index in [1.54, 1.807) is 0 Å². The summed E-state index contributed by atoms with van der Waals surface area (Å²) in [6.45, 7) is 5.74. The monoisotopic (exact) mass is 287 g/mol. The Labute approximate surface area is 124 Å². The number of benzene rings is 1. The Morgan fingerprint density at radius 1 is 1.33 bits per heavy atom. The lowest BCUT2D eigenvalue weighted by Gasteiger charge is -2.20. The van der Waals surface area contributed by atoms with Crippen LogP contribution in [0.4, 0.5) is 0 Å². The lowest BCUT2D eigenvalue weighted by atomic mass is 9.96. The third-order valence-electron chi connectivity index (χ3n) is 5.52. The summed E-state index contributed by atoms with van der Waals surface area (Å²) < 4.78 is 5.71. The summed E-state index contributed by atoms with van der Waals surface area (Å²) >= 11 is 0. The molecule has 2 heterocycles. The first-order chi connectivity index (χ1) is 10.00. The first-order valence-electron chi connectivity index (χ1n) is 7.71. The molecule has 2 fully saturated rings. The highest BCUT2D eigenvalue weighted by atomic mass is 16.5. The molecule has 2 unspecified atom stereocenters. The van der Waals surface area contributed by atoms with Gasteiger partial charge in [-0.15, -0.1) is 0 Å². The zero-order valence-electron chi connectivity index (χ0n) is 12.6. The quantitative estimate of drug-likeness (QED) is 0.856. The van der Waals surface area contributed by atoms with E-state index < -0.39 is 0 Å². The van der Waals surface area contributed by atoms with Gasteiger partial charge in [-0.2, -0.15) is 0 Å². The molecule has 2 aliphatic heterocycles. The summed E-state index contributed by atoms with van der Waals surface area (Å²) in [5.41, 5.74) is 3.41. The maximum Gasteiger partial charge on any atom is 0.233 e. The molecule has 112 valence electrons. The van der Waals surface area contributed by atoms with Crippen LogP contribution in [0.15, 0.2) is 12.1 Å². The third-order valence-corrected chi connectivity index (χ3v) is 5.52. The number of fused-ring (bicyclic) bond motifs is 1. The topological polar surface area (TPSA) is 49.8 Å². The van der Waals surface area contributed by atoms with Crippen LogP contribution in [0.2, 0.25) is 0 Å². The largest absolute Gasteiger partial charge is 0.492 e. The summed E-state index contributed by atoms with van der Waals surface area (Å²) in [6, 6.07) is 4.11. The summed E-state index contributed by atoms with van der Waals surface area (Å²) in [5.74, 6) is 0.748. The molecule has 3 aliphatic rings. The number of aliphatic hydroxyl groups is 1. The van der Waals surface area contributed by atoms with Crippen LogP contribution >= 0.6 is 0 Å². The SMILES string of the molecule is Cc1cc2c(cc1C)C(C(=O)N1CC(O)C3(CC3)C1)CO2. The Kier molecular flexibility index (Phi) is 2.65. The molecule has 1 aliphatic carbocycles. The van der Waals surface area contributed by atoms with E-state index >= 15 is 0 Å². The second-order valence-electron chi connectivity index (χ2n) is 6.93. The molecule has 0 radical (unpaired) electrons. The Balaban J connectivity index is 1.59. The molecule has 1 saturated carbocycles. The fourth-order valence-corrected chi connectivity index (χ4v) is 3.67. The summed E-state index contributed by atoms with van der Waals surface area (Å²) in [5, 5.41) is 10.1. The Hall–Kier alpha value is -1.55. The fraction of sp³-hybridized carbons (Fsp3) is 0.588. The number of carbonyl (C=O) groups excluding carboxylic acids is 1. The zero-order chi connectivity index (χ0) is 14.8. The summed E-state index contributed by atoms with van der Waals surface area (Å²) in [7, 11) is 0. The Morgan fingerprint density at radius 2 is 2.05 bits per heavy atom. The number of aryl methyl sites for hydroxylation is 2. The fourth-order valence-electron chi connectivity index (χ4n) is 3.67. The highest BCUT2D eigenvalue weighted by Gasteiger charge is 2.56. The van der Waals surface area contributed by atoms with Crippen LogP contribution in [0.1, 0.15) is 35.4 Å². The van der Waals surface area contributed by atoms with Crippen molar-refractivity contribution in [3.63, 3.8) is 0 Å². The van der Waals surface area contributed by atoms with Crippen molar-refractivity contribution in [1.82, 2.24) is 4.90 Å². The molecule has 1 spiro atoms. The van der Waals surface area contributed by atoms with Crippen molar-refractivity contribution in [2.45, 2.75) is 38.7 Å². The minimum Gasteiger partial charge on any atom is -0.492 e. The number of β-amino-alcohol motifs (C(OH)–C–C–N with tert-alkyl or cyclic N) is 1. The van der Waals surface area contributed by atoms with Crippen molar-refractivity contribution in [2.75, 3.05) is 19.7 Å². The first kappa shape index (κ1) is 13.1. The molecule has 2 atom stereocenters. The molecule has 1 amide bonds. The van der Waals surface area contributed by atoms with Gasteiger partial charge in [0.1, 0.15) is 18.3 Å². The van der Waals surface area contributed by atoms with Crippen LogP contribution < -0.4 is 4.74 Å². The second kappa shape index (κ2) is 4.23. The van der Waals surface area contributed by atoms with Gasteiger partial charge in [0.2, 0.25) is 5.91 Å². The number of amides is 1. The number of aliphatic hydroxyl groups excluding tert-OH is 1. The van der Waals surface area contributed by atoms with Gasteiger partial charge in [0, 0.05) is 24.1 Å².